The number of likely N-dealkylation sites (tertiary alicyclic amines) is 1. The molecule has 1 saturated heterocycles. The van der Waals surface area contributed by atoms with Crippen molar-refractivity contribution >= 4 is 23.2 Å². The van der Waals surface area contributed by atoms with Gasteiger partial charge in [-0.15, -0.1) is 11.3 Å². The Morgan fingerprint density at radius 2 is 1.87 bits per heavy atom. The first-order valence-corrected chi connectivity index (χ1v) is 11.7. The summed E-state index contributed by atoms with van der Waals surface area (Å²) in [7, 11) is 0. The van der Waals surface area contributed by atoms with E-state index in [4.69, 9.17) is 0 Å². The maximum Gasteiger partial charge on any atom is 0.253 e. The standard InChI is InChI=1S/C23H33N5OS/c1-4-24-23(25-13-12-21-27-17(2)18(3)30-21)26-16-19-8-10-20(11-9-19)22(29)28-14-6-5-7-15-28/h8-11H,4-7,12-16H2,1-3H3,(H2,24,25,26). The minimum Gasteiger partial charge on any atom is -0.357 e. The molecule has 0 spiro atoms. The van der Waals surface area contributed by atoms with Gasteiger partial charge < -0.3 is 15.5 Å². The summed E-state index contributed by atoms with van der Waals surface area (Å²) in [5, 5.41) is 7.83. The van der Waals surface area contributed by atoms with Gasteiger partial charge in [0.2, 0.25) is 0 Å². The van der Waals surface area contributed by atoms with Crippen molar-refractivity contribution in [3.8, 4) is 0 Å². The third-order valence-corrected chi connectivity index (χ3v) is 6.44. The second-order valence-electron chi connectivity index (χ2n) is 7.67. The van der Waals surface area contributed by atoms with Crippen molar-refractivity contribution in [2.75, 3.05) is 26.2 Å². The molecule has 0 saturated carbocycles. The van der Waals surface area contributed by atoms with E-state index in [1.807, 2.05) is 29.2 Å². The van der Waals surface area contributed by atoms with Gasteiger partial charge in [-0.25, -0.2) is 9.98 Å². The summed E-state index contributed by atoms with van der Waals surface area (Å²) in [5.41, 5.74) is 2.98. The minimum absolute atomic E-state index is 0.146. The van der Waals surface area contributed by atoms with Gasteiger partial charge in [0.25, 0.3) is 5.91 Å². The molecule has 3 rings (SSSR count). The largest absolute Gasteiger partial charge is 0.357 e. The fraction of sp³-hybridized carbons (Fsp3) is 0.522. The summed E-state index contributed by atoms with van der Waals surface area (Å²) in [6.45, 7) is 10.2. The molecule has 1 amide bonds. The SMILES string of the molecule is CCNC(=NCc1ccc(C(=O)N2CCCCC2)cc1)NCCc1nc(C)c(C)s1. The minimum atomic E-state index is 0.146. The Morgan fingerprint density at radius 3 is 2.50 bits per heavy atom. The highest BCUT2D eigenvalue weighted by atomic mass is 32.1. The van der Waals surface area contributed by atoms with E-state index in [1.54, 1.807) is 11.3 Å². The number of nitrogens with zero attached hydrogens (tertiary/aromatic N) is 3. The number of aliphatic imine (C=N–C) groups is 1. The zero-order valence-corrected chi connectivity index (χ0v) is 19.1. The zero-order valence-electron chi connectivity index (χ0n) is 18.3. The molecule has 0 radical (unpaired) electrons. The fourth-order valence-electron chi connectivity index (χ4n) is 3.48. The van der Waals surface area contributed by atoms with Gasteiger partial charge in [-0.2, -0.15) is 0 Å². The van der Waals surface area contributed by atoms with Gasteiger partial charge in [-0.1, -0.05) is 12.1 Å². The molecular formula is C23H33N5OS. The van der Waals surface area contributed by atoms with Crippen LogP contribution in [0.3, 0.4) is 0 Å². The van der Waals surface area contributed by atoms with Crippen LogP contribution in [0.5, 0.6) is 0 Å². The third kappa shape index (κ3) is 6.29. The number of guanidine groups is 1. The molecule has 1 aliphatic rings. The Kier molecular flexibility index (Phi) is 8.25. The summed E-state index contributed by atoms with van der Waals surface area (Å²) in [4.78, 5) is 25.1. The molecule has 1 aromatic carbocycles. The van der Waals surface area contributed by atoms with E-state index in [-0.39, 0.29) is 5.91 Å². The Balaban J connectivity index is 1.52. The lowest BCUT2D eigenvalue weighted by Gasteiger charge is -2.26. The lowest BCUT2D eigenvalue weighted by molar-refractivity contribution is 0.0724. The summed E-state index contributed by atoms with van der Waals surface area (Å²) >= 11 is 1.76. The number of piperidine rings is 1. The van der Waals surface area contributed by atoms with Crippen molar-refractivity contribution < 1.29 is 4.79 Å². The van der Waals surface area contributed by atoms with E-state index >= 15 is 0 Å². The van der Waals surface area contributed by atoms with Crippen molar-refractivity contribution in [3.63, 3.8) is 0 Å². The number of aryl methyl sites for hydroxylation is 2. The molecule has 0 bridgehead atoms. The summed E-state index contributed by atoms with van der Waals surface area (Å²) in [6, 6.07) is 7.86. The smallest absolute Gasteiger partial charge is 0.253 e. The van der Waals surface area contributed by atoms with Crippen molar-refractivity contribution in [1.29, 1.82) is 0 Å². The quantitative estimate of drug-likeness (QED) is 0.522. The number of aromatic nitrogens is 1. The highest BCUT2D eigenvalue weighted by molar-refractivity contribution is 7.11. The normalized spacial score (nSPS) is 14.6. The lowest BCUT2D eigenvalue weighted by Crippen LogP contribution is -2.38. The van der Waals surface area contributed by atoms with Crippen molar-refractivity contribution in [3.05, 3.63) is 51.0 Å². The molecule has 1 fully saturated rings. The number of hydrogen-bond donors (Lipinski definition) is 2. The van der Waals surface area contributed by atoms with E-state index in [0.29, 0.717) is 6.54 Å². The summed E-state index contributed by atoms with van der Waals surface area (Å²) in [5.74, 6) is 0.948. The molecule has 0 aliphatic carbocycles. The van der Waals surface area contributed by atoms with Crippen LogP contribution in [0, 0.1) is 13.8 Å². The van der Waals surface area contributed by atoms with Crippen LogP contribution in [0.2, 0.25) is 0 Å². The number of carbonyl (C=O) groups excluding carboxylic acids is 1. The Morgan fingerprint density at radius 1 is 1.13 bits per heavy atom. The molecule has 1 aromatic heterocycles. The van der Waals surface area contributed by atoms with E-state index in [9.17, 15) is 4.79 Å². The molecular weight excluding hydrogens is 394 g/mol. The topological polar surface area (TPSA) is 69.6 Å². The van der Waals surface area contributed by atoms with Crippen LogP contribution in [-0.4, -0.2) is 47.9 Å². The number of hydrogen-bond acceptors (Lipinski definition) is 4. The van der Waals surface area contributed by atoms with Crippen LogP contribution in [0.25, 0.3) is 0 Å². The molecule has 0 unspecified atom stereocenters. The summed E-state index contributed by atoms with van der Waals surface area (Å²) < 4.78 is 0. The first-order chi connectivity index (χ1) is 14.6. The first kappa shape index (κ1) is 22.3. The average molecular weight is 428 g/mol. The number of benzene rings is 1. The molecule has 162 valence electrons. The first-order valence-electron chi connectivity index (χ1n) is 10.9. The van der Waals surface area contributed by atoms with Crippen molar-refractivity contribution in [2.24, 2.45) is 4.99 Å². The Bertz CT molecular complexity index is 833. The van der Waals surface area contributed by atoms with Crippen LogP contribution in [0.1, 0.15) is 57.7 Å². The van der Waals surface area contributed by atoms with Gasteiger partial charge >= 0.3 is 0 Å². The highest BCUT2D eigenvalue weighted by Crippen LogP contribution is 2.16. The number of nitrogens with one attached hydrogen (secondary N) is 2. The van der Waals surface area contributed by atoms with Crippen LogP contribution >= 0.6 is 11.3 Å². The van der Waals surface area contributed by atoms with Gasteiger partial charge in [-0.05, 0) is 57.7 Å². The number of carbonyl (C=O) groups is 1. The molecule has 30 heavy (non-hydrogen) atoms. The van der Waals surface area contributed by atoms with Crippen LogP contribution < -0.4 is 10.6 Å². The van der Waals surface area contributed by atoms with Gasteiger partial charge in [-0.3, -0.25) is 4.79 Å². The van der Waals surface area contributed by atoms with Crippen molar-refractivity contribution in [2.45, 2.75) is 53.0 Å². The number of amides is 1. The number of thiazole rings is 1. The maximum atomic E-state index is 12.6. The zero-order chi connectivity index (χ0) is 21.3. The van der Waals surface area contributed by atoms with Crippen LogP contribution in [-0.2, 0) is 13.0 Å². The molecule has 2 aromatic rings. The van der Waals surface area contributed by atoms with Gasteiger partial charge in [0.1, 0.15) is 0 Å². The van der Waals surface area contributed by atoms with Crippen LogP contribution in [0.15, 0.2) is 29.3 Å². The van der Waals surface area contributed by atoms with E-state index < -0.39 is 0 Å². The highest BCUT2D eigenvalue weighted by Gasteiger charge is 2.17. The number of rotatable bonds is 7. The second-order valence-corrected chi connectivity index (χ2v) is 8.96. The van der Waals surface area contributed by atoms with Gasteiger partial charge in [0.05, 0.1) is 17.2 Å². The van der Waals surface area contributed by atoms with Gasteiger partial charge in [0, 0.05) is 43.0 Å². The molecule has 7 heteroatoms. The second kappa shape index (κ2) is 11.1. The molecule has 2 N–H and O–H groups in total. The lowest BCUT2D eigenvalue weighted by atomic mass is 10.1. The van der Waals surface area contributed by atoms with E-state index in [2.05, 4.69) is 41.4 Å². The Labute approximate surface area is 183 Å². The predicted molar refractivity (Wildman–Crippen MR) is 124 cm³/mol. The van der Waals surface area contributed by atoms with E-state index in [1.165, 1.54) is 11.3 Å². The predicted octanol–water partition coefficient (Wildman–Crippen LogP) is 3.68. The third-order valence-electron chi connectivity index (χ3n) is 5.31. The molecule has 1 aliphatic heterocycles. The van der Waals surface area contributed by atoms with Gasteiger partial charge in [0.15, 0.2) is 5.96 Å². The molecule has 2 heterocycles. The van der Waals surface area contributed by atoms with Crippen molar-refractivity contribution in [1.82, 2.24) is 20.5 Å². The maximum absolute atomic E-state index is 12.6. The molecule has 6 nitrogen and oxygen atoms in total. The monoisotopic (exact) mass is 427 g/mol. The fourth-order valence-corrected chi connectivity index (χ4v) is 4.41. The Hall–Kier alpha value is -2.41. The van der Waals surface area contributed by atoms with Crippen LogP contribution in [0.4, 0.5) is 0 Å². The van der Waals surface area contributed by atoms with E-state index in [0.717, 1.165) is 73.2 Å². The average Bonchev–Trinajstić information content (AvgIpc) is 3.09. The molecule has 0 atom stereocenters. The summed E-state index contributed by atoms with van der Waals surface area (Å²) in [6.07, 6.45) is 4.34.